The second-order valence-electron chi connectivity index (χ2n) is 11.0. The monoisotopic (exact) mass is 587 g/mol. The zero-order chi connectivity index (χ0) is 31.4. The molecule has 0 fully saturated rings. The number of rotatable bonds is 15. The Morgan fingerprint density at radius 2 is 1.65 bits per heavy atom. The highest BCUT2D eigenvalue weighted by molar-refractivity contribution is 5.99. The van der Waals surface area contributed by atoms with Gasteiger partial charge in [0, 0.05) is 23.9 Å². The Bertz CT molecular complexity index is 1380. The summed E-state index contributed by atoms with van der Waals surface area (Å²) in [5, 5.41) is 7.99. The van der Waals surface area contributed by atoms with Crippen molar-refractivity contribution in [1.82, 2.24) is 25.8 Å². The number of ether oxygens (including phenoxy) is 1. The summed E-state index contributed by atoms with van der Waals surface area (Å²) < 4.78 is 5.68. The minimum absolute atomic E-state index is 0.00133. The number of nitrogens with one attached hydrogen (secondary N) is 3. The number of benzene rings is 2. The highest BCUT2D eigenvalue weighted by Crippen LogP contribution is 2.18. The van der Waals surface area contributed by atoms with Crippen LogP contribution in [0, 0.1) is 5.92 Å². The van der Waals surface area contributed by atoms with Crippen molar-refractivity contribution in [3.63, 3.8) is 0 Å². The minimum Gasteiger partial charge on any atom is -0.492 e. The maximum absolute atomic E-state index is 13.3. The molecule has 3 N–H and O–H groups in total. The van der Waals surface area contributed by atoms with E-state index in [1.807, 2.05) is 75.3 Å². The van der Waals surface area contributed by atoms with E-state index in [-0.39, 0.29) is 12.3 Å². The Morgan fingerprint density at radius 3 is 2.28 bits per heavy atom. The number of carbonyl (C=O) groups is 4. The van der Waals surface area contributed by atoms with Gasteiger partial charge in [0.05, 0.1) is 12.1 Å². The van der Waals surface area contributed by atoms with E-state index in [0.717, 1.165) is 23.4 Å². The lowest BCUT2D eigenvalue weighted by atomic mass is 10.0. The molecule has 10 nitrogen and oxygen atoms in total. The molecule has 0 bridgehead atoms. The summed E-state index contributed by atoms with van der Waals surface area (Å²) in [6.07, 6.45) is 0.788. The third-order valence-electron chi connectivity index (χ3n) is 6.50. The summed E-state index contributed by atoms with van der Waals surface area (Å²) in [5.74, 6) is -1.17. The van der Waals surface area contributed by atoms with Gasteiger partial charge in [0.25, 0.3) is 5.91 Å². The van der Waals surface area contributed by atoms with Crippen LogP contribution in [0.2, 0.25) is 0 Å². The van der Waals surface area contributed by atoms with Gasteiger partial charge in [0.1, 0.15) is 18.4 Å². The van der Waals surface area contributed by atoms with E-state index in [4.69, 9.17) is 4.74 Å². The zero-order valence-corrected chi connectivity index (χ0v) is 25.4. The lowest BCUT2D eigenvalue weighted by Gasteiger charge is -2.24. The van der Waals surface area contributed by atoms with Crippen LogP contribution in [0.5, 0.6) is 5.75 Å². The van der Waals surface area contributed by atoms with Gasteiger partial charge in [-0.25, -0.2) is 0 Å². The molecule has 1 unspecified atom stereocenters. The molecule has 10 heteroatoms. The number of likely N-dealkylation sites (N-methyl/N-ethyl adjacent to an activating group) is 1. The maximum atomic E-state index is 13.3. The number of ketones is 1. The van der Waals surface area contributed by atoms with E-state index in [0.29, 0.717) is 24.3 Å². The summed E-state index contributed by atoms with van der Waals surface area (Å²) >= 11 is 0. The Hall–Kier alpha value is -4.57. The van der Waals surface area contributed by atoms with Gasteiger partial charge in [-0.3, -0.25) is 24.2 Å². The molecular weight excluding hydrogens is 546 g/mol. The topological polar surface area (TPSA) is 130 Å². The number of pyridine rings is 1. The van der Waals surface area contributed by atoms with E-state index in [1.165, 1.54) is 6.92 Å². The molecule has 0 aliphatic heterocycles. The predicted octanol–water partition coefficient (Wildman–Crippen LogP) is 3.22. The van der Waals surface area contributed by atoms with Gasteiger partial charge in [-0.2, -0.15) is 0 Å². The summed E-state index contributed by atoms with van der Waals surface area (Å²) in [6.45, 7) is 6.41. The van der Waals surface area contributed by atoms with Crippen molar-refractivity contribution in [2.75, 3.05) is 27.2 Å². The summed E-state index contributed by atoms with van der Waals surface area (Å²) in [4.78, 5) is 57.9. The third kappa shape index (κ3) is 11.0. The van der Waals surface area contributed by atoms with Crippen LogP contribution in [-0.2, 0) is 20.8 Å². The molecule has 1 aromatic heterocycles. The number of aromatic nitrogens is 1. The van der Waals surface area contributed by atoms with Crippen LogP contribution in [-0.4, -0.2) is 72.8 Å². The van der Waals surface area contributed by atoms with Crippen LogP contribution in [0.15, 0.2) is 72.9 Å². The van der Waals surface area contributed by atoms with Gasteiger partial charge in [0.2, 0.25) is 11.8 Å². The molecule has 43 heavy (non-hydrogen) atoms. The molecule has 2 aromatic carbocycles. The standard InChI is InChI=1S/C33H41N5O5/c1-22(2)19-29(35-32(41)25-12-14-27(15-13-25)43-18-17-38(4)5)33(42)37-31(23(3)39)36-30(40)21-24-9-8-10-26(20-24)28-11-6-7-16-34-28/h6-16,20,22,29,31H,17-19,21H2,1-5H3,(H,35,41)(H,36,40)(H,37,42)/t29-,31?/m0/s1. The number of hydrogen-bond acceptors (Lipinski definition) is 7. The predicted molar refractivity (Wildman–Crippen MR) is 165 cm³/mol. The molecule has 2 atom stereocenters. The molecule has 0 radical (unpaired) electrons. The van der Waals surface area contributed by atoms with Crippen molar-refractivity contribution < 1.29 is 23.9 Å². The molecule has 0 saturated heterocycles. The van der Waals surface area contributed by atoms with Crippen LogP contribution in [0.1, 0.15) is 43.1 Å². The van der Waals surface area contributed by atoms with Gasteiger partial charge < -0.3 is 25.6 Å². The van der Waals surface area contributed by atoms with Crippen LogP contribution < -0.4 is 20.7 Å². The van der Waals surface area contributed by atoms with Gasteiger partial charge in [-0.1, -0.05) is 38.1 Å². The molecule has 1 heterocycles. The Morgan fingerprint density at radius 1 is 0.907 bits per heavy atom. The van der Waals surface area contributed by atoms with Gasteiger partial charge in [0.15, 0.2) is 11.9 Å². The van der Waals surface area contributed by atoms with Gasteiger partial charge in [-0.05, 0) is 81.4 Å². The normalized spacial score (nSPS) is 12.3. The molecule has 3 aromatic rings. The lowest BCUT2D eigenvalue weighted by Crippen LogP contribution is -2.57. The summed E-state index contributed by atoms with van der Waals surface area (Å²) in [7, 11) is 3.91. The fourth-order valence-electron chi connectivity index (χ4n) is 4.25. The van der Waals surface area contributed by atoms with E-state index in [9.17, 15) is 19.2 Å². The first-order valence-electron chi connectivity index (χ1n) is 14.3. The van der Waals surface area contributed by atoms with Crippen molar-refractivity contribution in [3.8, 4) is 17.0 Å². The fourth-order valence-corrected chi connectivity index (χ4v) is 4.25. The average Bonchev–Trinajstić information content (AvgIpc) is 2.97. The zero-order valence-electron chi connectivity index (χ0n) is 25.4. The van der Waals surface area contributed by atoms with Crippen LogP contribution in [0.25, 0.3) is 11.3 Å². The number of hydrogen-bond donors (Lipinski definition) is 3. The Kier molecular flexibility index (Phi) is 12.4. The number of nitrogens with zero attached hydrogens (tertiary/aromatic N) is 2. The molecule has 228 valence electrons. The number of Topliss-reactive ketones (excluding diaryl/α,β-unsaturated/α-hetero) is 1. The van der Waals surface area contributed by atoms with Crippen molar-refractivity contribution in [2.45, 2.75) is 45.8 Å². The Balaban J connectivity index is 1.62. The first kappa shape index (κ1) is 32.9. The smallest absolute Gasteiger partial charge is 0.251 e. The largest absolute Gasteiger partial charge is 0.492 e. The third-order valence-corrected chi connectivity index (χ3v) is 6.50. The first-order valence-corrected chi connectivity index (χ1v) is 14.3. The van der Waals surface area contributed by atoms with Crippen LogP contribution in [0.3, 0.4) is 0 Å². The molecule has 0 spiro atoms. The fraction of sp³-hybridized carbons (Fsp3) is 0.364. The molecule has 3 amide bonds. The van der Waals surface area contributed by atoms with Gasteiger partial charge in [-0.15, -0.1) is 0 Å². The quantitative estimate of drug-likeness (QED) is 0.233. The van der Waals surface area contributed by atoms with Crippen molar-refractivity contribution in [2.24, 2.45) is 5.92 Å². The van der Waals surface area contributed by atoms with Gasteiger partial charge >= 0.3 is 0 Å². The van der Waals surface area contributed by atoms with Crippen molar-refractivity contribution >= 4 is 23.5 Å². The second kappa shape index (κ2) is 16.2. The molecular formula is C33H41N5O5. The van der Waals surface area contributed by atoms with E-state index in [1.54, 1.807) is 30.5 Å². The molecule has 0 saturated carbocycles. The van der Waals surface area contributed by atoms with Crippen molar-refractivity contribution in [1.29, 1.82) is 0 Å². The summed E-state index contributed by atoms with van der Waals surface area (Å²) in [6, 6.07) is 18.8. The number of carbonyl (C=O) groups excluding carboxylic acids is 4. The first-order chi connectivity index (χ1) is 20.5. The summed E-state index contributed by atoms with van der Waals surface area (Å²) in [5.41, 5.74) is 2.74. The average molecular weight is 588 g/mol. The lowest BCUT2D eigenvalue weighted by molar-refractivity contribution is -0.131. The molecule has 0 aliphatic carbocycles. The van der Waals surface area contributed by atoms with Crippen LogP contribution in [0.4, 0.5) is 0 Å². The molecule has 3 rings (SSSR count). The maximum Gasteiger partial charge on any atom is 0.251 e. The van der Waals surface area contributed by atoms with E-state index < -0.39 is 35.7 Å². The van der Waals surface area contributed by atoms with Crippen LogP contribution >= 0.6 is 0 Å². The SMILES string of the molecule is CC(=O)C(NC(=O)Cc1cccc(-c2ccccn2)c1)NC(=O)[C@H](CC(C)C)NC(=O)c1ccc(OCCN(C)C)cc1. The minimum atomic E-state index is -1.25. The van der Waals surface area contributed by atoms with E-state index in [2.05, 4.69) is 20.9 Å². The van der Waals surface area contributed by atoms with Crippen molar-refractivity contribution in [3.05, 3.63) is 84.1 Å². The van der Waals surface area contributed by atoms with E-state index >= 15 is 0 Å². The Labute approximate surface area is 253 Å². The number of amides is 3. The molecule has 0 aliphatic rings. The highest BCUT2D eigenvalue weighted by Gasteiger charge is 2.27. The second-order valence-corrected chi connectivity index (χ2v) is 11.0. The highest BCUT2D eigenvalue weighted by atomic mass is 16.5.